The molecule has 0 atom stereocenters. The molecule has 2 aromatic rings. The smallest absolute Gasteiger partial charge is 0.195 e. The van der Waals surface area contributed by atoms with Gasteiger partial charge in [-0.3, -0.25) is 9.67 Å². The van der Waals surface area contributed by atoms with Crippen LogP contribution in [-0.4, -0.2) is 14.8 Å². The van der Waals surface area contributed by atoms with Gasteiger partial charge in [-0.15, -0.1) is 0 Å². The van der Waals surface area contributed by atoms with Crippen molar-refractivity contribution in [3.63, 3.8) is 0 Å². The lowest BCUT2D eigenvalue weighted by Gasteiger charge is -2.11. The standard InChI is InChI=1S/C11H11BrClN3S/c1-6(2)16-10(14-15-11(16)17)8-4-3-7(12)5-9(8)13/h3-6H,1-2H3,(H,15,17). The Balaban J connectivity index is 2.65. The first-order valence-electron chi connectivity index (χ1n) is 5.13. The Morgan fingerprint density at radius 1 is 1.47 bits per heavy atom. The molecule has 17 heavy (non-hydrogen) atoms. The fourth-order valence-corrected chi connectivity index (χ4v) is 2.75. The van der Waals surface area contributed by atoms with Crippen LogP contribution in [0.15, 0.2) is 22.7 Å². The molecule has 6 heteroatoms. The number of H-pyrrole nitrogens is 1. The summed E-state index contributed by atoms with van der Waals surface area (Å²) in [6.45, 7) is 4.11. The van der Waals surface area contributed by atoms with Gasteiger partial charge in [0.1, 0.15) is 0 Å². The van der Waals surface area contributed by atoms with Gasteiger partial charge in [0.2, 0.25) is 0 Å². The van der Waals surface area contributed by atoms with Crippen molar-refractivity contribution in [1.29, 1.82) is 0 Å². The monoisotopic (exact) mass is 331 g/mol. The molecular formula is C11H11BrClN3S. The van der Waals surface area contributed by atoms with Crippen LogP contribution in [0.1, 0.15) is 19.9 Å². The van der Waals surface area contributed by atoms with Gasteiger partial charge in [-0.2, -0.15) is 5.10 Å². The molecule has 0 radical (unpaired) electrons. The number of benzene rings is 1. The first-order valence-corrected chi connectivity index (χ1v) is 6.71. The summed E-state index contributed by atoms with van der Waals surface area (Å²) in [5, 5.41) is 7.70. The van der Waals surface area contributed by atoms with Crippen LogP contribution in [0, 0.1) is 4.77 Å². The highest BCUT2D eigenvalue weighted by Gasteiger charge is 2.14. The Morgan fingerprint density at radius 2 is 2.18 bits per heavy atom. The third kappa shape index (κ3) is 2.46. The van der Waals surface area contributed by atoms with Crippen molar-refractivity contribution < 1.29 is 0 Å². The maximum absolute atomic E-state index is 6.22. The van der Waals surface area contributed by atoms with Crippen LogP contribution in [-0.2, 0) is 0 Å². The number of aromatic nitrogens is 3. The summed E-state index contributed by atoms with van der Waals surface area (Å²) in [5.74, 6) is 0.766. The fourth-order valence-electron chi connectivity index (χ4n) is 1.64. The molecule has 90 valence electrons. The van der Waals surface area contributed by atoms with Crippen LogP contribution < -0.4 is 0 Å². The van der Waals surface area contributed by atoms with Gasteiger partial charge in [-0.05, 0) is 44.3 Å². The summed E-state index contributed by atoms with van der Waals surface area (Å²) in [6.07, 6.45) is 0. The third-order valence-corrected chi connectivity index (χ3v) is 3.49. The molecule has 0 bridgehead atoms. The Bertz CT molecular complexity index is 603. The Kier molecular flexibility index (Phi) is 3.70. The zero-order chi connectivity index (χ0) is 12.6. The van der Waals surface area contributed by atoms with E-state index in [-0.39, 0.29) is 6.04 Å². The van der Waals surface area contributed by atoms with Crippen molar-refractivity contribution in [2.45, 2.75) is 19.9 Å². The van der Waals surface area contributed by atoms with Gasteiger partial charge in [0, 0.05) is 16.1 Å². The van der Waals surface area contributed by atoms with Gasteiger partial charge in [-0.25, -0.2) is 0 Å². The molecule has 0 saturated heterocycles. The van der Waals surface area contributed by atoms with E-state index in [0.29, 0.717) is 9.79 Å². The number of hydrogen-bond acceptors (Lipinski definition) is 2. The van der Waals surface area contributed by atoms with E-state index in [4.69, 9.17) is 23.8 Å². The third-order valence-electron chi connectivity index (χ3n) is 2.39. The molecule has 0 unspecified atom stereocenters. The van der Waals surface area contributed by atoms with E-state index in [2.05, 4.69) is 40.0 Å². The lowest BCUT2D eigenvalue weighted by Crippen LogP contribution is -2.03. The number of nitrogens with one attached hydrogen (secondary N) is 1. The maximum atomic E-state index is 6.22. The number of rotatable bonds is 2. The van der Waals surface area contributed by atoms with Gasteiger partial charge in [0.25, 0.3) is 0 Å². The predicted octanol–water partition coefficient (Wildman–Crippen LogP) is 4.60. The van der Waals surface area contributed by atoms with Crippen molar-refractivity contribution in [2.24, 2.45) is 0 Å². The zero-order valence-electron chi connectivity index (χ0n) is 9.37. The van der Waals surface area contributed by atoms with E-state index in [1.807, 2.05) is 22.8 Å². The van der Waals surface area contributed by atoms with Gasteiger partial charge in [-0.1, -0.05) is 27.5 Å². The SMILES string of the molecule is CC(C)n1c(-c2ccc(Br)cc2Cl)n[nH]c1=S. The minimum Gasteiger partial charge on any atom is -0.298 e. The molecular weight excluding hydrogens is 322 g/mol. The molecule has 0 saturated carbocycles. The van der Waals surface area contributed by atoms with E-state index in [9.17, 15) is 0 Å². The molecule has 2 rings (SSSR count). The second-order valence-corrected chi connectivity index (χ2v) is 5.65. The Morgan fingerprint density at radius 3 is 2.76 bits per heavy atom. The van der Waals surface area contributed by atoms with Crippen molar-refractivity contribution >= 4 is 39.7 Å². The summed E-state index contributed by atoms with van der Waals surface area (Å²) in [4.78, 5) is 0. The van der Waals surface area contributed by atoms with Crippen molar-refractivity contribution in [3.8, 4) is 11.4 Å². The summed E-state index contributed by atoms with van der Waals surface area (Å²) >= 11 is 14.8. The van der Waals surface area contributed by atoms with Crippen LogP contribution in [0.3, 0.4) is 0 Å². The van der Waals surface area contributed by atoms with E-state index in [1.54, 1.807) is 0 Å². The van der Waals surface area contributed by atoms with Crippen LogP contribution in [0.2, 0.25) is 5.02 Å². The van der Waals surface area contributed by atoms with Gasteiger partial charge in [0.05, 0.1) is 5.02 Å². The topological polar surface area (TPSA) is 33.6 Å². The summed E-state index contributed by atoms with van der Waals surface area (Å²) in [7, 11) is 0. The van der Waals surface area contributed by atoms with Gasteiger partial charge in [0.15, 0.2) is 10.6 Å². The summed E-state index contributed by atoms with van der Waals surface area (Å²) in [5.41, 5.74) is 0.871. The van der Waals surface area contributed by atoms with Crippen LogP contribution >= 0.6 is 39.7 Å². The van der Waals surface area contributed by atoms with Crippen molar-refractivity contribution in [3.05, 3.63) is 32.5 Å². The lowest BCUT2D eigenvalue weighted by molar-refractivity contribution is 0.597. The highest BCUT2D eigenvalue weighted by molar-refractivity contribution is 9.10. The van der Waals surface area contributed by atoms with Crippen molar-refractivity contribution in [1.82, 2.24) is 14.8 Å². The van der Waals surface area contributed by atoms with E-state index in [1.165, 1.54) is 0 Å². The normalized spacial score (nSPS) is 11.1. The molecule has 0 spiro atoms. The molecule has 1 heterocycles. The number of aromatic amines is 1. The summed E-state index contributed by atoms with van der Waals surface area (Å²) in [6, 6.07) is 5.94. The highest BCUT2D eigenvalue weighted by Crippen LogP contribution is 2.30. The van der Waals surface area contributed by atoms with E-state index in [0.717, 1.165) is 15.9 Å². The maximum Gasteiger partial charge on any atom is 0.195 e. The second kappa shape index (κ2) is 4.92. The van der Waals surface area contributed by atoms with E-state index < -0.39 is 0 Å². The second-order valence-electron chi connectivity index (χ2n) is 3.94. The Hall–Kier alpha value is -0.650. The Labute approximate surface area is 118 Å². The lowest BCUT2D eigenvalue weighted by atomic mass is 10.2. The average molecular weight is 333 g/mol. The minimum atomic E-state index is 0.232. The quantitative estimate of drug-likeness (QED) is 0.815. The molecule has 0 aliphatic rings. The fraction of sp³-hybridized carbons (Fsp3) is 0.273. The first kappa shape index (κ1) is 12.8. The first-order chi connectivity index (χ1) is 8.00. The molecule has 3 nitrogen and oxygen atoms in total. The number of nitrogens with zero attached hydrogens (tertiary/aromatic N) is 2. The molecule has 0 aliphatic carbocycles. The largest absolute Gasteiger partial charge is 0.298 e. The van der Waals surface area contributed by atoms with Gasteiger partial charge >= 0.3 is 0 Å². The number of halogens is 2. The molecule has 1 N–H and O–H groups in total. The van der Waals surface area contributed by atoms with E-state index >= 15 is 0 Å². The molecule has 1 aromatic carbocycles. The minimum absolute atomic E-state index is 0.232. The van der Waals surface area contributed by atoms with Crippen LogP contribution in [0.25, 0.3) is 11.4 Å². The van der Waals surface area contributed by atoms with Crippen molar-refractivity contribution in [2.75, 3.05) is 0 Å². The molecule has 0 amide bonds. The highest BCUT2D eigenvalue weighted by atomic mass is 79.9. The molecule has 0 aliphatic heterocycles. The van der Waals surface area contributed by atoms with Gasteiger partial charge < -0.3 is 0 Å². The molecule has 1 aromatic heterocycles. The molecule has 0 fully saturated rings. The van der Waals surface area contributed by atoms with Crippen LogP contribution in [0.4, 0.5) is 0 Å². The number of hydrogen-bond donors (Lipinski definition) is 1. The zero-order valence-corrected chi connectivity index (χ0v) is 12.5. The average Bonchev–Trinajstić information content (AvgIpc) is 2.60. The van der Waals surface area contributed by atoms with Crippen LogP contribution in [0.5, 0.6) is 0 Å². The predicted molar refractivity (Wildman–Crippen MR) is 75.9 cm³/mol. The summed E-state index contributed by atoms with van der Waals surface area (Å²) < 4.78 is 3.50.